The Morgan fingerprint density at radius 2 is 1.85 bits per heavy atom. The minimum atomic E-state index is -0.883. The van der Waals surface area contributed by atoms with Gasteiger partial charge >= 0.3 is 5.97 Å². The van der Waals surface area contributed by atoms with Crippen molar-refractivity contribution in [1.29, 1.82) is 0 Å². The highest BCUT2D eigenvalue weighted by Gasteiger charge is 2.18. The summed E-state index contributed by atoms with van der Waals surface area (Å²) in [6, 6.07) is 10.6. The van der Waals surface area contributed by atoms with Crippen LogP contribution >= 0.6 is 23.2 Å². The van der Waals surface area contributed by atoms with Crippen molar-refractivity contribution in [2.24, 2.45) is 0 Å². The smallest absolute Gasteiger partial charge is 0.342 e. The van der Waals surface area contributed by atoms with Gasteiger partial charge < -0.3 is 20.1 Å². The number of aromatic hydroxyl groups is 1. The Kier molecular flexibility index (Phi) is 7.04. The van der Waals surface area contributed by atoms with Crippen molar-refractivity contribution in [1.82, 2.24) is 4.90 Å². The highest BCUT2D eigenvalue weighted by molar-refractivity contribution is 6.33. The molecule has 7 nitrogen and oxygen atoms in total. The molecule has 0 fully saturated rings. The Labute approximate surface area is 165 Å². The molecule has 0 aromatic heterocycles. The molecule has 142 valence electrons. The number of rotatable bonds is 6. The van der Waals surface area contributed by atoms with Crippen LogP contribution in [0.2, 0.25) is 10.0 Å². The zero-order valence-electron chi connectivity index (χ0n) is 14.2. The van der Waals surface area contributed by atoms with E-state index in [1.165, 1.54) is 25.2 Å². The first-order valence-electron chi connectivity index (χ1n) is 7.72. The molecule has 2 N–H and O–H groups in total. The molecule has 0 aliphatic carbocycles. The van der Waals surface area contributed by atoms with Crippen LogP contribution in [0.4, 0.5) is 5.69 Å². The van der Waals surface area contributed by atoms with E-state index in [1.54, 1.807) is 24.3 Å². The van der Waals surface area contributed by atoms with E-state index in [0.717, 1.165) is 4.90 Å². The zero-order valence-corrected chi connectivity index (χ0v) is 15.8. The van der Waals surface area contributed by atoms with Gasteiger partial charge in [-0.05, 0) is 30.3 Å². The molecule has 2 aromatic carbocycles. The molecule has 0 aliphatic rings. The minimum Gasteiger partial charge on any atom is -0.507 e. The number of nitrogens with zero attached hydrogens (tertiary/aromatic N) is 1. The maximum Gasteiger partial charge on any atom is 0.342 e. The van der Waals surface area contributed by atoms with Gasteiger partial charge in [0.2, 0.25) is 5.91 Å². The normalized spacial score (nSPS) is 10.2. The van der Waals surface area contributed by atoms with E-state index < -0.39 is 24.4 Å². The first-order valence-corrected chi connectivity index (χ1v) is 8.47. The van der Waals surface area contributed by atoms with Crippen molar-refractivity contribution < 1.29 is 24.2 Å². The molecule has 0 aliphatic heterocycles. The molecule has 0 heterocycles. The molecule has 0 atom stereocenters. The van der Waals surface area contributed by atoms with Crippen LogP contribution in [0, 0.1) is 0 Å². The Bertz CT molecular complexity index is 873. The molecule has 0 saturated heterocycles. The number of hydrogen-bond donors (Lipinski definition) is 2. The average molecular weight is 411 g/mol. The fourth-order valence-electron chi connectivity index (χ4n) is 2.05. The molecular weight excluding hydrogens is 395 g/mol. The molecule has 2 amide bonds. The number of amides is 2. The van der Waals surface area contributed by atoms with Gasteiger partial charge in [-0.15, -0.1) is 0 Å². The van der Waals surface area contributed by atoms with E-state index in [4.69, 9.17) is 27.9 Å². The van der Waals surface area contributed by atoms with Gasteiger partial charge in [-0.2, -0.15) is 0 Å². The van der Waals surface area contributed by atoms with Gasteiger partial charge in [-0.25, -0.2) is 4.79 Å². The number of halogens is 2. The summed E-state index contributed by atoms with van der Waals surface area (Å²) in [6.07, 6.45) is 0. The van der Waals surface area contributed by atoms with Crippen LogP contribution in [-0.4, -0.2) is 48.0 Å². The van der Waals surface area contributed by atoms with E-state index >= 15 is 0 Å². The lowest BCUT2D eigenvalue weighted by molar-refractivity contribution is -0.136. The fraction of sp³-hybridized carbons (Fsp3) is 0.167. The topological polar surface area (TPSA) is 95.9 Å². The highest BCUT2D eigenvalue weighted by atomic mass is 35.5. The number of carbonyl (C=O) groups is 3. The molecular formula is C18H16Cl2N2O5. The third-order valence-electron chi connectivity index (χ3n) is 3.46. The van der Waals surface area contributed by atoms with E-state index in [0.29, 0.717) is 10.7 Å². The average Bonchev–Trinajstić information content (AvgIpc) is 2.61. The van der Waals surface area contributed by atoms with Crippen molar-refractivity contribution in [2.45, 2.75) is 0 Å². The van der Waals surface area contributed by atoms with Gasteiger partial charge in [0, 0.05) is 12.1 Å². The molecule has 0 spiro atoms. The van der Waals surface area contributed by atoms with Crippen molar-refractivity contribution >= 4 is 46.7 Å². The predicted octanol–water partition coefficient (Wildman–Crippen LogP) is 2.95. The first-order chi connectivity index (χ1) is 12.8. The third kappa shape index (κ3) is 5.87. The third-order valence-corrected chi connectivity index (χ3v) is 4.03. The number of nitrogens with one attached hydrogen (secondary N) is 1. The number of para-hydroxylation sites is 1. The van der Waals surface area contributed by atoms with Crippen LogP contribution in [0.5, 0.6) is 5.75 Å². The summed E-state index contributed by atoms with van der Waals surface area (Å²) in [5, 5.41) is 12.9. The second-order valence-electron chi connectivity index (χ2n) is 5.52. The van der Waals surface area contributed by atoms with Gasteiger partial charge in [0.15, 0.2) is 6.61 Å². The summed E-state index contributed by atoms with van der Waals surface area (Å²) in [6.45, 7) is -0.843. The summed E-state index contributed by atoms with van der Waals surface area (Å²) in [5.74, 6) is -2.29. The summed E-state index contributed by atoms with van der Waals surface area (Å²) in [5.41, 5.74) is 0.306. The maximum absolute atomic E-state index is 12.0. The van der Waals surface area contributed by atoms with E-state index in [9.17, 15) is 19.5 Å². The van der Waals surface area contributed by atoms with Gasteiger partial charge in [0.05, 0.1) is 17.3 Å². The van der Waals surface area contributed by atoms with Crippen LogP contribution in [0.15, 0.2) is 42.5 Å². The number of esters is 1. The zero-order chi connectivity index (χ0) is 20.0. The number of carbonyl (C=O) groups excluding carboxylic acids is 3. The van der Waals surface area contributed by atoms with Crippen molar-refractivity contribution in [2.75, 3.05) is 25.5 Å². The number of phenols is 1. The minimum absolute atomic E-state index is 0.119. The predicted molar refractivity (Wildman–Crippen MR) is 101 cm³/mol. The Hall–Kier alpha value is -2.77. The Balaban J connectivity index is 1.85. The SMILES string of the molecule is CN(CC(=O)Nc1ccccc1Cl)C(=O)COC(=O)c1ccc(Cl)cc1O. The summed E-state index contributed by atoms with van der Waals surface area (Å²) >= 11 is 11.6. The van der Waals surface area contributed by atoms with Crippen LogP contribution in [-0.2, 0) is 14.3 Å². The fourth-order valence-corrected chi connectivity index (χ4v) is 2.40. The van der Waals surface area contributed by atoms with Crippen LogP contribution < -0.4 is 5.32 Å². The highest BCUT2D eigenvalue weighted by Crippen LogP contribution is 2.22. The van der Waals surface area contributed by atoms with Gasteiger partial charge in [-0.1, -0.05) is 35.3 Å². The summed E-state index contributed by atoms with van der Waals surface area (Å²) in [4.78, 5) is 37.0. The van der Waals surface area contributed by atoms with Crippen molar-refractivity contribution in [3.8, 4) is 5.75 Å². The lowest BCUT2D eigenvalue weighted by Crippen LogP contribution is -2.37. The molecule has 0 saturated carbocycles. The molecule has 0 unspecified atom stereocenters. The molecule has 2 rings (SSSR count). The quantitative estimate of drug-likeness (QED) is 0.713. The second-order valence-corrected chi connectivity index (χ2v) is 6.36. The summed E-state index contributed by atoms with van der Waals surface area (Å²) < 4.78 is 4.86. The Morgan fingerprint density at radius 1 is 1.15 bits per heavy atom. The lowest BCUT2D eigenvalue weighted by Gasteiger charge is -2.17. The number of phenolic OH excluding ortho intramolecular Hbond substituents is 1. The molecule has 0 radical (unpaired) electrons. The van der Waals surface area contributed by atoms with Crippen LogP contribution in [0.25, 0.3) is 0 Å². The van der Waals surface area contributed by atoms with Gasteiger partial charge in [-0.3, -0.25) is 9.59 Å². The van der Waals surface area contributed by atoms with Crippen LogP contribution in [0.3, 0.4) is 0 Å². The largest absolute Gasteiger partial charge is 0.507 e. The second kappa shape index (κ2) is 9.25. The molecule has 9 heteroatoms. The van der Waals surface area contributed by atoms with Gasteiger partial charge in [0.1, 0.15) is 11.3 Å². The summed E-state index contributed by atoms with van der Waals surface area (Å²) in [7, 11) is 1.39. The maximum atomic E-state index is 12.0. The van der Waals surface area contributed by atoms with E-state index in [-0.39, 0.29) is 22.9 Å². The number of benzene rings is 2. The van der Waals surface area contributed by atoms with Crippen LogP contribution in [0.1, 0.15) is 10.4 Å². The molecule has 27 heavy (non-hydrogen) atoms. The monoisotopic (exact) mass is 410 g/mol. The molecule has 0 bridgehead atoms. The Morgan fingerprint density at radius 3 is 2.52 bits per heavy atom. The number of hydrogen-bond acceptors (Lipinski definition) is 5. The molecule has 2 aromatic rings. The van der Waals surface area contributed by atoms with Crippen molar-refractivity contribution in [3.05, 3.63) is 58.1 Å². The standard InChI is InChI=1S/C18H16Cl2N2O5/c1-22(9-16(24)21-14-5-3-2-4-13(14)20)17(25)10-27-18(26)12-7-6-11(19)8-15(12)23/h2-8,23H,9-10H2,1H3,(H,21,24). The van der Waals surface area contributed by atoms with Crippen molar-refractivity contribution in [3.63, 3.8) is 0 Å². The number of likely N-dealkylation sites (N-methyl/N-ethyl adjacent to an activating group) is 1. The van der Waals surface area contributed by atoms with Gasteiger partial charge in [0.25, 0.3) is 5.91 Å². The van der Waals surface area contributed by atoms with E-state index in [1.807, 2.05) is 0 Å². The first kappa shape index (κ1) is 20.5. The number of ether oxygens (including phenoxy) is 1. The number of anilines is 1. The lowest BCUT2D eigenvalue weighted by atomic mass is 10.2. The van der Waals surface area contributed by atoms with E-state index in [2.05, 4.69) is 5.32 Å².